The molecule has 1 aliphatic rings. The topological polar surface area (TPSA) is 67.4 Å². The third-order valence-electron chi connectivity index (χ3n) is 4.59. The van der Waals surface area contributed by atoms with Gasteiger partial charge in [0.1, 0.15) is 11.4 Å². The Kier molecular flexibility index (Phi) is 5.48. The first-order valence-corrected chi connectivity index (χ1v) is 8.77. The Hall–Kier alpha value is -2.63. The molecule has 1 aromatic heterocycles. The lowest BCUT2D eigenvalue weighted by Crippen LogP contribution is -2.40. The minimum atomic E-state index is -0.266. The van der Waals surface area contributed by atoms with Crippen LogP contribution in [0.25, 0.3) is 0 Å². The number of hydrogen-bond acceptors (Lipinski definition) is 5. The van der Waals surface area contributed by atoms with E-state index in [1.165, 1.54) is 6.42 Å². The van der Waals surface area contributed by atoms with Gasteiger partial charge in [0.25, 0.3) is 5.91 Å². The van der Waals surface area contributed by atoms with E-state index in [0.29, 0.717) is 29.1 Å². The quantitative estimate of drug-likeness (QED) is 0.902. The monoisotopic (exact) mass is 340 g/mol. The second-order valence-corrected chi connectivity index (χ2v) is 6.15. The molecule has 0 aliphatic carbocycles. The van der Waals surface area contributed by atoms with E-state index in [2.05, 4.69) is 27.1 Å². The number of hydrogen-bond donors (Lipinski definition) is 1. The van der Waals surface area contributed by atoms with Gasteiger partial charge in [-0.2, -0.15) is 0 Å². The second kappa shape index (κ2) is 7.96. The van der Waals surface area contributed by atoms with Gasteiger partial charge in [0.2, 0.25) is 5.95 Å². The zero-order valence-corrected chi connectivity index (χ0v) is 14.7. The van der Waals surface area contributed by atoms with Crippen molar-refractivity contribution < 1.29 is 9.53 Å². The lowest BCUT2D eigenvalue weighted by atomic mass is 10.0. The van der Waals surface area contributed by atoms with Crippen molar-refractivity contribution in [3.05, 3.63) is 42.2 Å². The Bertz CT molecular complexity index is 735. The maximum Gasteiger partial charge on any atom is 0.274 e. The molecule has 25 heavy (non-hydrogen) atoms. The highest BCUT2D eigenvalue weighted by Gasteiger charge is 2.24. The van der Waals surface area contributed by atoms with Gasteiger partial charge < -0.3 is 15.0 Å². The van der Waals surface area contributed by atoms with Crippen molar-refractivity contribution in [2.24, 2.45) is 0 Å². The summed E-state index contributed by atoms with van der Waals surface area (Å²) in [5, 5.41) is 2.86. The molecule has 0 bridgehead atoms. The van der Waals surface area contributed by atoms with Crippen LogP contribution in [0.4, 0.5) is 11.6 Å². The number of carbonyl (C=O) groups is 1. The standard InChI is InChI=1S/C19H24N4O2/c1-3-14-8-6-7-13-23(14)19-20-12-11-16(22-19)18(24)21-15-9-4-5-10-17(15)25-2/h4-5,9-12,14H,3,6-8,13H2,1-2H3,(H,21,24). The normalized spacial score (nSPS) is 17.2. The summed E-state index contributed by atoms with van der Waals surface area (Å²) < 4.78 is 5.27. The summed E-state index contributed by atoms with van der Waals surface area (Å²) >= 11 is 0. The average Bonchev–Trinajstić information content (AvgIpc) is 2.68. The maximum atomic E-state index is 12.6. The first-order valence-electron chi connectivity index (χ1n) is 8.77. The number of anilines is 2. The third kappa shape index (κ3) is 3.90. The summed E-state index contributed by atoms with van der Waals surface area (Å²) in [7, 11) is 1.58. The van der Waals surface area contributed by atoms with Gasteiger partial charge in [-0.05, 0) is 43.9 Å². The summed E-state index contributed by atoms with van der Waals surface area (Å²) in [6, 6.07) is 9.40. The van der Waals surface area contributed by atoms with E-state index in [1.807, 2.05) is 12.1 Å². The lowest BCUT2D eigenvalue weighted by molar-refractivity contribution is 0.102. The Balaban J connectivity index is 1.80. The Morgan fingerprint density at radius 3 is 2.96 bits per heavy atom. The fraction of sp³-hybridized carbons (Fsp3) is 0.421. The fourth-order valence-corrected chi connectivity index (χ4v) is 3.24. The predicted molar refractivity (Wildman–Crippen MR) is 98.3 cm³/mol. The molecule has 2 aromatic rings. The van der Waals surface area contributed by atoms with Gasteiger partial charge in [-0.25, -0.2) is 9.97 Å². The van der Waals surface area contributed by atoms with Crippen molar-refractivity contribution in [3.8, 4) is 5.75 Å². The highest BCUT2D eigenvalue weighted by Crippen LogP contribution is 2.25. The van der Waals surface area contributed by atoms with Crippen molar-refractivity contribution in [1.82, 2.24) is 9.97 Å². The van der Waals surface area contributed by atoms with Crippen LogP contribution >= 0.6 is 0 Å². The second-order valence-electron chi connectivity index (χ2n) is 6.15. The minimum absolute atomic E-state index is 0.266. The van der Waals surface area contributed by atoms with Crippen LogP contribution < -0.4 is 15.0 Å². The first-order chi connectivity index (χ1) is 12.2. The van der Waals surface area contributed by atoms with E-state index >= 15 is 0 Å². The van der Waals surface area contributed by atoms with Crippen molar-refractivity contribution in [2.75, 3.05) is 23.9 Å². The number of nitrogens with one attached hydrogen (secondary N) is 1. The number of rotatable bonds is 5. The SMILES string of the molecule is CCC1CCCCN1c1nccc(C(=O)Nc2ccccc2OC)n1. The van der Waals surface area contributed by atoms with Gasteiger partial charge in [-0.3, -0.25) is 4.79 Å². The number of ether oxygens (including phenoxy) is 1. The molecule has 2 heterocycles. The largest absolute Gasteiger partial charge is 0.495 e. The molecule has 1 saturated heterocycles. The molecule has 3 rings (SSSR count). The third-order valence-corrected chi connectivity index (χ3v) is 4.59. The smallest absolute Gasteiger partial charge is 0.274 e. The molecular formula is C19H24N4O2. The minimum Gasteiger partial charge on any atom is -0.495 e. The van der Waals surface area contributed by atoms with Crippen LogP contribution in [-0.2, 0) is 0 Å². The molecule has 6 nitrogen and oxygen atoms in total. The molecule has 6 heteroatoms. The van der Waals surface area contributed by atoms with Crippen LogP contribution in [0.3, 0.4) is 0 Å². The molecule has 1 amide bonds. The Morgan fingerprint density at radius 2 is 2.16 bits per heavy atom. The molecule has 132 valence electrons. The van der Waals surface area contributed by atoms with Gasteiger partial charge in [0.05, 0.1) is 12.8 Å². The molecule has 1 atom stereocenters. The molecule has 1 fully saturated rings. The number of methoxy groups -OCH3 is 1. The zero-order valence-electron chi connectivity index (χ0n) is 14.7. The van der Waals surface area contributed by atoms with Crippen LogP contribution in [-0.4, -0.2) is 35.6 Å². The van der Waals surface area contributed by atoms with E-state index in [4.69, 9.17) is 4.74 Å². The summed E-state index contributed by atoms with van der Waals surface area (Å²) in [6.45, 7) is 3.12. The summed E-state index contributed by atoms with van der Waals surface area (Å²) in [4.78, 5) is 23.7. The molecule has 1 aliphatic heterocycles. The number of carbonyl (C=O) groups excluding carboxylic acids is 1. The van der Waals surface area contributed by atoms with Gasteiger partial charge >= 0.3 is 0 Å². The van der Waals surface area contributed by atoms with Crippen LogP contribution in [0.1, 0.15) is 43.1 Å². The summed E-state index contributed by atoms with van der Waals surface area (Å²) in [5.74, 6) is 0.990. The Labute approximate surface area is 148 Å². The number of nitrogens with zero attached hydrogens (tertiary/aromatic N) is 3. The van der Waals surface area contributed by atoms with Crippen LogP contribution in [0.5, 0.6) is 5.75 Å². The molecule has 0 saturated carbocycles. The van der Waals surface area contributed by atoms with Gasteiger partial charge in [-0.1, -0.05) is 19.1 Å². The lowest BCUT2D eigenvalue weighted by Gasteiger charge is -2.35. The number of aromatic nitrogens is 2. The predicted octanol–water partition coefficient (Wildman–Crippen LogP) is 3.51. The zero-order chi connectivity index (χ0) is 17.6. The molecule has 0 spiro atoms. The molecule has 0 radical (unpaired) electrons. The van der Waals surface area contributed by atoms with Crippen molar-refractivity contribution >= 4 is 17.5 Å². The van der Waals surface area contributed by atoms with Crippen LogP contribution in [0.15, 0.2) is 36.5 Å². The molecule has 1 aromatic carbocycles. The average molecular weight is 340 g/mol. The van der Waals surface area contributed by atoms with Crippen molar-refractivity contribution in [1.29, 1.82) is 0 Å². The van der Waals surface area contributed by atoms with E-state index < -0.39 is 0 Å². The van der Waals surface area contributed by atoms with Crippen molar-refractivity contribution in [2.45, 2.75) is 38.6 Å². The van der Waals surface area contributed by atoms with Crippen LogP contribution in [0.2, 0.25) is 0 Å². The van der Waals surface area contributed by atoms with Gasteiger partial charge in [-0.15, -0.1) is 0 Å². The number of piperidine rings is 1. The summed E-state index contributed by atoms with van der Waals surface area (Å²) in [5.41, 5.74) is 0.982. The number of amides is 1. The van der Waals surface area contributed by atoms with E-state index in [9.17, 15) is 4.79 Å². The number of para-hydroxylation sites is 2. The van der Waals surface area contributed by atoms with E-state index in [-0.39, 0.29) is 5.91 Å². The van der Waals surface area contributed by atoms with Gasteiger partial charge in [0.15, 0.2) is 0 Å². The van der Waals surface area contributed by atoms with E-state index in [1.54, 1.807) is 31.5 Å². The molecule has 1 unspecified atom stereocenters. The highest BCUT2D eigenvalue weighted by atomic mass is 16.5. The molecular weight excluding hydrogens is 316 g/mol. The van der Waals surface area contributed by atoms with Gasteiger partial charge in [0, 0.05) is 18.8 Å². The van der Waals surface area contributed by atoms with Crippen molar-refractivity contribution in [3.63, 3.8) is 0 Å². The van der Waals surface area contributed by atoms with E-state index in [0.717, 1.165) is 25.8 Å². The first kappa shape index (κ1) is 17.2. The number of benzene rings is 1. The highest BCUT2D eigenvalue weighted by molar-refractivity contribution is 6.03. The van der Waals surface area contributed by atoms with Crippen LogP contribution in [0, 0.1) is 0 Å². The molecule has 1 N–H and O–H groups in total. The maximum absolute atomic E-state index is 12.6. The summed E-state index contributed by atoms with van der Waals surface area (Å²) in [6.07, 6.45) is 6.24. The Morgan fingerprint density at radius 1 is 1.32 bits per heavy atom. The fourth-order valence-electron chi connectivity index (χ4n) is 3.24.